The predicted molar refractivity (Wildman–Crippen MR) is 234 cm³/mol. The number of carbonyl (C=O) groups excluding carboxylic acids is 3. The monoisotopic (exact) mass is 899 g/mol. The van der Waals surface area contributed by atoms with Crippen LogP contribution in [0.5, 0.6) is 11.5 Å². The lowest BCUT2D eigenvalue weighted by atomic mass is 9.77. The molecular formula is C45H51F2N9O7S. The molecule has 338 valence electrons. The van der Waals surface area contributed by atoms with Gasteiger partial charge in [0.1, 0.15) is 29.2 Å². The van der Waals surface area contributed by atoms with Gasteiger partial charge in [0.15, 0.2) is 11.6 Å². The number of imide groups is 1. The number of ether oxygens (including phenoxy) is 1. The minimum absolute atomic E-state index is 0.0115. The van der Waals surface area contributed by atoms with E-state index in [0.717, 1.165) is 48.5 Å². The van der Waals surface area contributed by atoms with Crippen molar-refractivity contribution in [3.63, 3.8) is 0 Å². The molecule has 4 aromatic rings. The molecule has 3 aliphatic heterocycles. The fourth-order valence-corrected chi connectivity index (χ4v) is 10.5. The van der Waals surface area contributed by atoms with Crippen LogP contribution in [-0.4, -0.2) is 102 Å². The van der Waals surface area contributed by atoms with Crippen molar-refractivity contribution in [1.82, 2.24) is 29.0 Å². The zero-order valence-electron chi connectivity index (χ0n) is 35.7. The maximum Gasteiger partial charge on any atom is 0.301 e. The lowest BCUT2D eigenvalue weighted by Crippen LogP contribution is -2.47. The van der Waals surface area contributed by atoms with Gasteiger partial charge in [-0.2, -0.15) is 18.0 Å². The second-order valence-electron chi connectivity index (χ2n) is 17.4. The summed E-state index contributed by atoms with van der Waals surface area (Å²) in [6, 6.07) is 12.7. The molecule has 64 heavy (non-hydrogen) atoms. The number of nitriles is 1. The summed E-state index contributed by atoms with van der Waals surface area (Å²) >= 11 is 0. The van der Waals surface area contributed by atoms with E-state index in [9.17, 15) is 32.9 Å². The van der Waals surface area contributed by atoms with Crippen molar-refractivity contribution >= 4 is 50.2 Å². The van der Waals surface area contributed by atoms with Gasteiger partial charge in [-0.1, -0.05) is 13.0 Å². The van der Waals surface area contributed by atoms with Crippen LogP contribution in [-0.2, 0) is 24.6 Å². The molecule has 8 rings (SSSR count). The Morgan fingerprint density at radius 3 is 2.47 bits per heavy atom. The Morgan fingerprint density at radius 2 is 1.77 bits per heavy atom. The molecule has 4 aliphatic rings. The number of carbonyl (C=O) groups is 3. The van der Waals surface area contributed by atoms with Crippen molar-refractivity contribution in [2.45, 2.75) is 82.7 Å². The minimum atomic E-state index is -4.02. The Labute approximate surface area is 369 Å². The molecule has 19 heteroatoms. The number of anilines is 2. The van der Waals surface area contributed by atoms with Crippen molar-refractivity contribution in [3.05, 3.63) is 88.0 Å². The number of benzene rings is 3. The van der Waals surface area contributed by atoms with E-state index in [0.29, 0.717) is 68.8 Å². The van der Waals surface area contributed by atoms with Gasteiger partial charge in [-0.05, 0) is 124 Å². The highest BCUT2D eigenvalue weighted by Crippen LogP contribution is 2.50. The Balaban J connectivity index is 0.847. The summed E-state index contributed by atoms with van der Waals surface area (Å²) in [5.74, 6) is -2.29. The second kappa shape index (κ2) is 18.3. The lowest BCUT2D eigenvalue weighted by molar-refractivity contribution is -0.135. The maximum atomic E-state index is 15.3. The summed E-state index contributed by atoms with van der Waals surface area (Å²) in [7, 11) is -2.66. The first kappa shape index (κ1) is 44.6. The third-order valence-electron chi connectivity index (χ3n) is 13.5. The normalized spacial score (nSPS) is 20.7. The molecule has 2 atom stereocenters. The number of piperidine rings is 3. The van der Waals surface area contributed by atoms with Crippen molar-refractivity contribution in [2.75, 3.05) is 56.4 Å². The molecular weight excluding hydrogens is 849 g/mol. The SMILES string of the molecule is CCN(C)S(=O)(=O)Nc1ccc(F)c(Oc2ccc3ncn([C@H]4CCC5(CCN(C(=O)CN6CCC(c7ccc(NC8CCC(=O)NC8=O)cc7F)CC6)CC5)C4)c(=O)c3c2)c1C#N. The number of rotatable bonds is 12. The van der Waals surface area contributed by atoms with Crippen molar-refractivity contribution in [3.8, 4) is 17.6 Å². The number of nitrogens with one attached hydrogen (secondary N) is 3. The van der Waals surface area contributed by atoms with Gasteiger partial charge in [-0.25, -0.2) is 13.8 Å². The highest BCUT2D eigenvalue weighted by Gasteiger charge is 2.43. The van der Waals surface area contributed by atoms with Gasteiger partial charge in [0.05, 0.1) is 29.5 Å². The first-order valence-electron chi connectivity index (χ1n) is 21.7. The Bertz CT molecular complexity index is 2690. The van der Waals surface area contributed by atoms with Crippen LogP contribution in [0.1, 0.15) is 87.8 Å². The molecule has 0 bridgehead atoms. The molecule has 4 fully saturated rings. The van der Waals surface area contributed by atoms with Crippen LogP contribution in [0.4, 0.5) is 20.2 Å². The number of hydrogen-bond donors (Lipinski definition) is 3. The summed E-state index contributed by atoms with van der Waals surface area (Å²) in [5.41, 5.74) is 0.674. The summed E-state index contributed by atoms with van der Waals surface area (Å²) in [4.78, 5) is 59.7. The molecule has 0 radical (unpaired) electrons. The average Bonchev–Trinajstić information content (AvgIpc) is 3.68. The summed E-state index contributed by atoms with van der Waals surface area (Å²) in [6.07, 6.45) is 7.61. The number of amides is 3. The van der Waals surface area contributed by atoms with Crippen LogP contribution in [0, 0.1) is 28.4 Å². The number of hydrogen-bond acceptors (Lipinski definition) is 11. The molecule has 4 heterocycles. The lowest BCUT2D eigenvalue weighted by Gasteiger charge is -2.40. The van der Waals surface area contributed by atoms with E-state index < -0.39 is 33.7 Å². The highest BCUT2D eigenvalue weighted by molar-refractivity contribution is 7.90. The van der Waals surface area contributed by atoms with E-state index in [1.54, 1.807) is 36.0 Å². The molecule has 3 amide bonds. The third-order valence-corrected chi connectivity index (χ3v) is 15.1. The van der Waals surface area contributed by atoms with Crippen LogP contribution >= 0.6 is 0 Å². The van der Waals surface area contributed by atoms with E-state index in [4.69, 9.17) is 4.74 Å². The third kappa shape index (κ3) is 9.31. The summed E-state index contributed by atoms with van der Waals surface area (Å²) < 4.78 is 66.6. The summed E-state index contributed by atoms with van der Waals surface area (Å²) in [5, 5.41) is 15.5. The topological polar surface area (TPSA) is 199 Å². The Kier molecular flexibility index (Phi) is 12.7. The molecule has 1 saturated carbocycles. The fourth-order valence-electron chi connectivity index (χ4n) is 9.57. The van der Waals surface area contributed by atoms with Gasteiger partial charge in [-0.3, -0.25) is 38.7 Å². The minimum Gasteiger partial charge on any atom is -0.453 e. The number of aromatic nitrogens is 2. The number of likely N-dealkylation sites (tertiary alicyclic amines) is 2. The molecule has 1 unspecified atom stereocenters. The maximum absolute atomic E-state index is 15.3. The number of nitrogens with zero attached hydrogens (tertiary/aromatic N) is 6. The van der Waals surface area contributed by atoms with Gasteiger partial charge < -0.3 is 15.0 Å². The second-order valence-corrected chi connectivity index (χ2v) is 19.2. The van der Waals surface area contributed by atoms with Crippen LogP contribution in [0.2, 0.25) is 0 Å². The van der Waals surface area contributed by atoms with E-state index in [1.807, 2.05) is 11.0 Å². The quantitative estimate of drug-likeness (QED) is 0.154. The zero-order chi connectivity index (χ0) is 45.3. The fraction of sp³-hybridized carbons (Fsp3) is 0.467. The molecule has 1 aliphatic carbocycles. The number of fused-ring (bicyclic) bond motifs is 1. The van der Waals surface area contributed by atoms with Crippen LogP contribution in [0.3, 0.4) is 0 Å². The van der Waals surface area contributed by atoms with Crippen LogP contribution in [0.15, 0.2) is 59.7 Å². The molecule has 3 aromatic carbocycles. The molecule has 1 aromatic heterocycles. The van der Waals surface area contributed by atoms with Crippen molar-refractivity contribution < 1.29 is 36.3 Å². The standard InChI is InChI=1S/C45H51F2N9O7S/c1-3-53(2)64(61,62)52-38-9-7-35(46)42(34(38)25-48)63-31-5-8-37-33(23-31)44(60)56(27-49-37)30-12-15-45(24-30)16-20-55(21-17-45)41(58)26-54-18-13-28(14-19-54)32-6-4-29(22-36(32)47)50-39-10-11-40(57)51-43(39)59/h4-9,22-23,27-28,30,39,50,52H,3,10-21,24,26H2,1-2H3,(H,51,57,59)/t30-,39?/m0/s1. The van der Waals surface area contributed by atoms with Gasteiger partial charge in [0.2, 0.25) is 17.7 Å². The van der Waals surface area contributed by atoms with E-state index in [2.05, 4.69) is 25.2 Å². The summed E-state index contributed by atoms with van der Waals surface area (Å²) in [6.45, 7) is 4.68. The predicted octanol–water partition coefficient (Wildman–Crippen LogP) is 5.38. The van der Waals surface area contributed by atoms with E-state index in [1.165, 1.54) is 25.2 Å². The van der Waals surface area contributed by atoms with Gasteiger partial charge in [0.25, 0.3) is 5.56 Å². The number of halogens is 2. The van der Waals surface area contributed by atoms with Gasteiger partial charge in [0, 0.05) is 44.8 Å². The smallest absolute Gasteiger partial charge is 0.301 e. The molecule has 3 saturated heterocycles. The largest absolute Gasteiger partial charge is 0.453 e. The van der Waals surface area contributed by atoms with Crippen molar-refractivity contribution in [1.29, 1.82) is 5.26 Å². The Hall–Kier alpha value is -5.97. The van der Waals surface area contributed by atoms with Gasteiger partial charge in [-0.15, -0.1) is 0 Å². The molecule has 1 spiro atoms. The molecule has 3 N–H and O–H groups in total. The molecule has 16 nitrogen and oxygen atoms in total. The van der Waals surface area contributed by atoms with Crippen molar-refractivity contribution in [2.24, 2.45) is 5.41 Å². The van der Waals surface area contributed by atoms with E-state index >= 15 is 8.78 Å². The van der Waals surface area contributed by atoms with Crippen LogP contribution < -0.4 is 25.7 Å². The van der Waals surface area contributed by atoms with Crippen LogP contribution in [0.25, 0.3) is 10.9 Å². The van der Waals surface area contributed by atoms with Gasteiger partial charge >= 0.3 is 10.2 Å². The first-order valence-corrected chi connectivity index (χ1v) is 23.1. The van der Waals surface area contributed by atoms with E-state index in [-0.39, 0.29) is 75.9 Å². The average molecular weight is 900 g/mol. The zero-order valence-corrected chi connectivity index (χ0v) is 36.6. The highest BCUT2D eigenvalue weighted by atomic mass is 32.2. The Morgan fingerprint density at radius 1 is 1.00 bits per heavy atom. The first-order chi connectivity index (χ1) is 30.7.